The number of nitrogens with one attached hydrogen (secondary N) is 1. The minimum Gasteiger partial charge on any atom is -1.00 e. The average molecular weight is 165 g/mol. The second kappa shape index (κ2) is 2.81. The van der Waals surface area contributed by atoms with Crippen molar-refractivity contribution >= 4 is 6.34 Å². The molecule has 0 saturated carbocycles. The zero-order chi connectivity index (χ0) is 4.41. The van der Waals surface area contributed by atoms with Gasteiger partial charge in [-0.2, -0.15) is 0 Å². The third-order valence-electron chi connectivity index (χ3n) is 0.499. The van der Waals surface area contributed by atoms with Crippen molar-refractivity contribution in [3.8, 4) is 0 Å². The van der Waals surface area contributed by atoms with E-state index in [4.69, 9.17) is 0 Å². The lowest BCUT2D eigenvalue weighted by Crippen LogP contribution is -3.01. The van der Waals surface area contributed by atoms with Crippen LogP contribution in [0.3, 0.4) is 0 Å². The minimum atomic E-state index is 0. The van der Waals surface area contributed by atoms with Crippen LogP contribution >= 0.6 is 0 Å². The smallest absolute Gasteiger partial charge is 0.238 e. The normalized spacial score (nSPS) is 25.0. The summed E-state index contributed by atoms with van der Waals surface area (Å²) in [6.07, 6.45) is 1.61. The number of quaternary nitrogens is 1. The highest BCUT2D eigenvalue weighted by Crippen LogP contribution is 1.67. The molecule has 0 amide bonds. The quantitative estimate of drug-likeness (QED) is 0.378. The van der Waals surface area contributed by atoms with E-state index in [0.717, 1.165) is 5.01 Å². The molecule has 4 nitrogen and oxygen atoms in total. The molecule has 0 radical (unpaired) electrons. The fourth-order valence-electron chi connectivity index (χ4n) is 0.232. The SMILES string of the molecule is C[NH+]1C=NN=N1.[Br-]. The molecule has 1 rings (SSSR count). The summed E-state index contributed by atoms with van der Waals surface area (Å²) in [6, 6.07) is 0. The van der Waals surface area contributed by atoms with E-state index in [1.54, 1.807) is 6.34 Å². The lowest BCUT2D eigenvalue weighted by molar-refractivity contribution is -0.783. The van der Waals surface area contributed by atoms with E-state index in [-0.39, 0.29) is 17.0 Å². The molecule has 1 atom stereocenters. The summed E-state index contributed by atoms with van der Waals surface area (Å²) in [7, 11) is 1.85. The maximum absolute atomic E-state index is 3.56. The Bertz CT molecular complexity index is 85.9. The number of rotatable bonds is 0. The zero-order valence-electron chi connectivity index (χ0n) is 3.80. The third kappa shape index (κ3) is 1.75. The Morgan fingerprint density at radius 1 is 1.57 bits per heavy atom. The van der Waals surface area contributed by atoms with Crippen LogP contribution < -0.4 is 22.0 Å². The van der Waals surface area contributed by atoms with Crippen molar-refractivity contribution < 1.29 is 22.0 Å². The summed E-state index contributed by atoms with van der Waals surface area (Å²) < 4.78 is 0. The van der Waals surface area contributed by atoms with E-state index >= 15 is 0 Å². The first-order valence-corrected chi connectivity index (χ1v) is 1.67. The second-order valence-corrected chi connectivity index (χ2v) is 1.08. The standard InChI is InChI=1S/C2H4N4.BrH/c1-6-2-3-4-5-6;/h2H,1H3;1H. The predicted molar refractivity (Wildman–Crippen MR) is 20.2 cm³/mol. The van der Waals surface area contributed by atoms with Crippen LogP contribution in [0.1, 0.15) is 0 Å². The summed E-state index contributed by atoms with van der Waals surface area (Å²) in [5.41, 5.74) is 0. The number of hydrogen-bond donors (Lipinski definition) is 1. The molecule has 5 heteroatoms. The van der Waals surface area contributed by atoms with Gasteiger partial charge in [-0.3, -0.25) is 0 Å². The Hall–Kier alpha value is -0.290. The minimum absolute atomic E-state index is 0. The van der Waals surface area contributed by atoms with Crippen molar-refractivity contribution in [3.05, 3.63) is 0 Å². The highest BCUT2D eigenvalue weighted by molar-refractivity contribution is 5.42. The monoisotopic (exact) mass is 164 g/mol. The first kappa shape index (κ1) is 6.71. The summed E-state index contributed by atoms with van der Waals surface area (Å²) >= 11 is 0. The fraction of sp³-hybridized carbons (Fsp3) is 0.500. The van der Waals surface area contributed by atoms with Gasteiger partial charge in [0.2, 0.25) is 6.34 Å². The molecule has 0 saturated heterocycles. The van der Waals surface area contributed by atoms with Gasteiger partial charge in [0, 0.05) is 5.22 Å². The molecule has 0 aliphatic carbocycles. The lowest BCUT2D eigenvalue weighted by atomic mass is 11.1. The van der Waals surface area contributed by atoms with Crippen molar-refractivity contribution in [3.63, 3.8) is 0 Å². The van der Waals surface area contributed by atoms with Gasteiger partial charge >= 0.3 is 0 Å². The lowest BCUT2D eigenvalue weighted by Gasteiger charge is -1.80. The van der Waals surface area contributed by atoms with Gasteiger partial charge < -0.3 is 17.0 Å². The molecule has 0 spiro atoms. The van der Waals surface area contributed by atoms with Crippen molar-refractivity contribution in [1.29, 1.82) is 0 Å². The second-order valence-electron chi connectivity index (χ2n) is 1.08. The highest BCUT2D eigenvalue weighted by Gasteiger charge is 1.95. The Labute approximate surface area is 51.7 Å². The van der Waals surface area contributed by atoms with Gasteiger partial charge in [-0.25, -0.2) is 0 Å². The summed E-state index contributed by atoms with van der Waals surface area (Å²) in [4.78, 5) is 0. The molecule has 0 aromatic rings. The molecule has 0 fully saturated rings. The van der Waals surface area contributed by atoms with Gasteiger partial charge in [-0.05, 0) is 0 Å². The first-order chi connectivity index (χ1) is 2.89. The Morgan fingerprint density at radius 3 is 2.43 bits per heavy atom. The van der Waals surface area contributed by atoms with Gasteiger partial charge in [-0.15, -0.1) is 5.01 Å². The first-order valence-electron chi connectivity index (χ1n) is 1.67. The topological polar surface area (TPSA) is 41.5 Å². The van der Waals surface area contributed by atoms with Crippen LogP contribution in [0.5, 0.6) is 0 Å². The summed E-state index contributed by atoms with van der Waals surface area (Å²) in [6.45, 7) is 0. The van der Waals surface area contributed by atoms with E-state index in [0.29, 0.717) is 0 Å². The van der Waals surface area contributed by atoms with Gasteiger partial charge in [-0.1, -0.05) is 5.10 Å². The van der Waals surface area contributed by atoms with Crippen LogP contribution in [-0.2, 0) is 0 Å². The van der Waals surface area contributed by atoms with Crippen LogP contribution in [0, 0.1) is 0 Å². The van der Waals surface area contributed by atoms with Crippen LogP contribution in [0.15, 0.2) is 15.5 Å². The Kier molecular flexibility index (Phi) is 2.70. The van der Waals surface area contributed by atoms with Crippen LogP contribution in [0.2, 0.25) is 0 Å². The Morgan fingerprint density at radius 2 is 2.29 bits per heavy atom. The number of halogens is 1. The van der Waals surface area contributed by atoms with E-state index in [9.17, 15) is 0 Å². The molecule has 0 aromatic heterocycles. The molecule has 1 aliphatic rings. The van der Waals surface area contributed by atoms with Crippen molar-refractivity contribution in [2.45, 2.75) is 0 Å². The molecular weight excluding hydrogens is 160 g/mol. The molecule has 1 N–H and O–H groups in total. The third-order valence-corrected chi connectivity index (χ3v) is 0.499. The fourth-order valence-corrected chi connectivity index (χ4v) is 0.232. The molecular formula is C2H5BrN4. The molecule has 7 heavy (non-hydrogen) atoms. The van der Waals surface area contributed by atoms with Crippen molar-refractivity contribution in [1.82, 2.24) is 0 Å². The average Bonchev–Trinajstić information content (AvgIpc) is 1.86. The summed E-state index contributed by atoms with van der Waals surface area (Å²) in [5.74, 6) is 0. The highest BCUT2D eigenvalue weighted by atomic mass is 79.9. The molecule has 1 aliphatic heterocycles. The van der Waals surface area contributed by atoms with Gasteiger partial charge in [0.15, 0.2) is 0 Å². The number of hydrogen-bond acceptors (Lipinski definition) is 3. The van der Waals surface area contributed by atoms with Crippen LogP contribution in [0.25, 0.3) is 0 Å². The van der Waals surface area contributed by atoms with E-state index in [1.807, 2.05) is 7.05 Å². The van der Waals surface area contributed by atoms with E-state index in [1.165, 1.54) is 0 Å². The van der Waals surface area contributed by atoms with Gasteiger partial charge in [0.1, 0.15) is 0 Å². The van der Waals surface area contributed by atoms with Crippen molar-refractivity contribution in [2.75, 3.05) is 7.05 Å². The van der Waals surface area contributed by atoms with Crippen LogP contribution in [-0.4, -0.2) is 13.4 Å². The molecule has 0 aromatic carbocycles. The molecule has 40 valence electrons. The molecule has 0 bridgehead atoms. The number of nitrogens with zero attached hydrogens (tertiary/aromatic N) is 3. The molecule has 1 unspecified atom stereocenters. The predicted octanol–water partition coefficient (Wildman–Crippen LogP) is -4.17. The van der Waals surface area contributed by atoms with E-state index < -0.39 is 0 Å². The van der Waals surface area contributed by atoms with Gasteiger partial charge in [0.25, 0.3) is 0 Å². The largest absolute Gasteiger partial charge is 1.00 e. The van der Waals surface area contributed by atoms with Crippen LogP contribution in [0.4, 0.5) is 0 Å². The summed E-state index contributed by atoms with van der Waals surface area (Å²) in [5, 5.41) is 11.2. The van der Waals surface area contributed by atoms with Gasteiger partial charge in [0.05, 0.1) is 12.3 Å². The maximum Gasteiger partial charge on any atom is 0.238 e. The molecule has 1 heterocycles. The maximum atomic E-state index is 3.56. The Balaban J connectivity index is 0.000000360. The zero-order valence-corrected chi connectivity index (χ0v) is 5.38. The van der Waals surface area contributed by atoms with Crippen molar-refractivity contribution in [2.24, 2.45) is 15.5 Å². The van der Waals surface area contributed by atoms with E-state index in [2.05, 4.69) is 15.5 Å².